The molecular formula is C15H15N5O2S. The zero-order chi connectivity index (χ0) is 16.4. The Morgan fingerprint density at radius 2 is 2.22 bits per heavy atom. The van der Waals surface area contributed by atoms with Gasteiger partial charge in [-0.15, -0.1) is 11.3 Å². The summed E-state index contributed by atoms with van der Waals surface area (Å²) in [6.45, 7) is 2.49. The van der Waals surface area contributed by atoms with Crippen LogP contribution >= 0.6 is 11.3 Å². The highest BCUT2D eigenvalue weighted by molar-refractivity contribution is 7.14. The molecule has 0 radical (unpaired) electrons. The molecule has 3 rings (SSSR count). The molecule has 0 aliphatic carbocycles. The molecule has 0 aliphatic heterocycles. The van der Waals surface area contributed by atoms with Gasteiger partial charge in [0.1, 0.15) is 17.8 Å². The molecule has 1 aromatic carbocycles. The minimum atomic E-state index is -0.390. The molecule has 23 heavy (non-hydrogen) atoms. The fraction of sp³-hybridized carbons (Fsp3) is 0.200. The topological polar surface area (TPSA) is 84.2 Å². The van der Waals surface area contributed by atoms with Gasteiger partial charge in [0, 0.05) is 19.7 Å². The number of anilines is 3. The fourth-order valence-corrected chi connectivity index (χ4v) is 3.09. The highest BCUT2D eigenvalue weighted by Crippen LogP contribution is 2.35. The third-order valence-corrected chi connectivity index (χ3v) is 4.39. The summed E-state index contributed by atoms with van der Waals surface area (Å²) in [7, 11) is 1.89. The van der Waals surface area contributed by atoms with E-state index in [2.05, 4.69) is 15.3 Å². The third-order valence-electron chi connectivity index (χ3n) is 3.45. The van der Waals surface area contributed by atoms with Crippen LogP contribution in [0.1, 0.15) is 6.92 Å². The van der Waals surface area contributed by atoms with Gasteiger partial charge in [0.2, 0.25) is 0 Å². The average molecular weight is 329 g/mol. The number of aromatic nitrogens is 2. The van der Waals surface area contributed by atoms with E-state index >= 15 is 0 Å². The maximum Gasteiger partial charge on any atom is 0.293 e. The van der Waals surface area contributed by atoms with Crippen LogP contribution in [0.3, 0.4) is 0 Å². The number of nitrogens with zero attached hydrogens (tertiary/aromatic N) is 4. The van der Waals surface area contributed by atoms with Crippen molar-refractivity contribution in [1.29, 1.82) is 0 Å². The predicted octanol–water partition coefficient (Wildman–Crippen LogP) is 3.80. The van der Waals surface area contributed by atoms with Crippen LogP contribution in [0.25, 0.3) is 10.9 Å². The lowest BCUT2D eigenvalue weighted by atomic mass is 10.1. The quantitative estimate of drug-likeness (QED) is 0.566. The molecule has 0 saturated heterocycles. The van der Waals surface area contributed by atoms with Gasteiger partial charge in [-0.2, -0.15) is 0 Å². The predicted molar refractivity (Wildman–Crippen MR) is 92.7 cm³/mol. The molecule has 0 atom stereocenters. The van der Waals surface area contributed by atoms with Gasteiger partial charge in [-0.25, -0.2) is 9.97 Å². The summed E-state index contributed by atoms with van der Waals surface area (Å²) in [6, 6.07) is 7.16. The lowest BCUT2D eigenvalue weighted by Gasteiger charge is -2.18. The van der Waals surface area contributed by atoms with E-state index in [1.165, 1.54) is 12.4 Å². The fourth-order valence-electron chi connectivity index (χ4n) is 2.39. The number of nitro groups is 1. The third kappa shape index (κ3) is 2.80. The molecule has 0 spiro atoms. The second-order valence-corrected chi connectivity index (χ2v) is 5.81. The van der Waals surface area contributed by atoms with Crippen molar-refractivity contribution in [3.05, 3.63) is 46.1 Å². The smallest absolute Gasteiger partial charge is 0.293 e. The van der Waals surface area contributed by atoms with Crippen molar-refractivity contribution in [3.8, 4) is 0 Å². The number of nitro benzene ring substituents is 1. The van der Waals surface area contributed by atoms with Gasteiger partial charge in [-0.1, -0.05) is 0 Å². The van der Waals surface area contributed by atoms with Crippen molar-refractivity contribution >= 4 is 44.4 Å². The van der Waals surface area contributed by atoms with Crippen LogP contribution in [0.15, 0.2) is 36.0 Å². The van der Waals surface area contributed by atoms with E-state index in [1.807, 2.05) is 36.4 Å². The lowest BCUT2D eigenvalue weighted by Crippen LogP contribution is -2.11. The molecule has 2 aromatic heterocycles. The normalized spacial score (nSPS) is 10.7. The molecule has 7 nitrogen and oxygen atoms in total. The molecule has 3 aromatic rings. The van der Waals surface area contributed by atoms with E-state index in [9.17, 15) is 10.1 Å². The number of hydrogen-bond acceptors (Lipinski definition) is 7. The first kappa shape index (κ1) is 15.2. The first-order valence-electron chi connectivity index (χ1n) is 7.06. The van der Waals surface area contributed by atoms with Crippen LogP contribution in [0.4, 0.5) is 22.2 Å². The van der Waals surface area contributed by atoms with Gasteiger partial charge in [-0.3, -0.25) is 10.1 Å². The van der Waals surface area contributed by atoms with E-state index < -0.39 is 0 Å². The molecular weight excluding hydrogens is 314 g/mol. The molecule has 0 bridgehead atoms. The summed E-state index contributed by atoms with van der Waals surface area (Å²) in [5.74, 6) is 0.642. The zero-order valence-corrected chi connectivity index (χ0v) is 13.5. The van der Waals surface area contributed by atoms with E-state index in [-0.39, 0.29) is 10.6 Å². The Balaban J connectivity index is 2.20. The molecule has 0 saturated carbocycles. The van der Waals surface area contributed by atoms with Crippen molar-refractivity contribution in [2.45, 2.75) is 6.92 Å². The number of hydrogen-bond donors (Lipinski definition) is 1. The van der Waals surface area contributed by atoms with Crippen molar-refractivity contribution in [1.82, 2.24) is 9.97 Å². The molecule has 0 aliphatic rings. The Bertz CT molecular complexity index is 850. The Morgan fingerprint density at radius 3 is 2.87 bits per heavy atom. The van der Waals surface area contributed by atoms with E-state index in [4.69, 9.17) is 0 Å². The van der Waals surface area contributed by atoms with Crippen LogP contribution in [0, 0.1) is 10.1 Å². The zero-order valence-electron chi connectivity index (χ0n) is 12.7. The molecule has 8 heteroatoms. The molecule has 2 heterocycles. The van der Waals surface area contributed by atoms with E-state index in [0.717, 1.165) is 5.00 Å². The molecule has 1 N–H and O–H groups in total. The van der Waals surface area contributed by atoms with Crippen LogP contribution < -0.4 is 10.2 Å². The minimum absolute atomic E-state index is 0.0231. The average Bonchev–Trinajstić information content (AvgIpc) is 3.07. The second kappa shape index (κ2) is 6.17. The van der Waals surface area contributed by atoms with E-state index in [0.29, 0.717) is 29.0 Å². The van der Waals surface area contributed by atoms with Crippen LogP contribution in [0.2, 0.25) is 0 Å². The largest absolute Gasteiger partial charge is 0.380 e. The van der Waals surface area contributed by atoms with Gasteiger partial charge >= 0.3 is 0 Å². The van der Waals surface area contributed by atoms with Gasteiger partial charge in [0.25, 0.3) is 5.69 Å². The number of rotatable bonds is 5. The molecule has 0 fully saturated rings. The lowest BCUT2D eigenvalue weighted by molar-refractivity contribution is -0.383. The van der Waals surface area contributed by atoms with Crippen LogP contribution in [0.5, 0.6) is 0 Å². The maximum atomic E-state index is 11.4. The van der Waals surface area contributed by atoms with E-state index in [1.54, 1.807) is 17.4 Å². The molecule has 118 valence electrons. The summed E-state index contributed by atoms with van der Waals surface area (Å²) >= 11 is 1.58. The summed E-state index contributed by atoms with van der Waals surface area (Å²) in [5, 5.41) is 18.0. The summed E-state index contributed by atoms with van der Waals surface area (Å²) in [5.41, 5.74) is 1.16. The Kier molecular flexibility index (Phi) is 4.07. The molecule has 0 unspecified atom stereocenters. The van der Waals surface area contributed by atoms with Gasteiger partial charge in [0.05, 0.1) is 20.8 Å². The highest BCUT2D eigenvalue weighted by Gasteiger charge is 2.19. The first-order chi connectivity index (χ1) is 11.1. The number of fused-ring (bicyclic) bond motifs is 1. The van der Waals surface area contributed by atoms with Crippen molar-refractivity contribution < 1.29 is 4.92 Å². The highest BCUT2D eigenvalue weighted by atomic mass is 32.1. The Labute approximate surface area is 136 Å². The number of benzene rings is 1. The summed E-state index contributed by atoms with van der Waals surface area (Å²) in [4.78, 5) is 21.5. The summed E-state index contributed by atoms with van der Waals surface area (Å²) in [6.07, 6.45) is 1.48. The van der Waals surface area contributed by atoms with Crippen molar-refractivity contribution in [3.63, 3.8) is 0 Å². The Morgan fingerprint density at radius 1 is 1.39 bits per heavy atom. The van der Waals surface area contributed by atoms with Gasteiger partial charge < -0.3 is 10.2 Å². The molecule has 0 amide bonds. The first-order valence-corrected chi connectivity index (χ1v) is 7.94. The van der Waals surface area contributed by atoms with Gasteiger partial charge in [-0.05, 0) is 30.5 Å². The van der Waals surface area contributed by atoms with Gasteiger partial charge in [0.15, 0.2) is 0 Å². The minimum Gasteiger partial charge on any atom is -0.380 e. The maximum absolute atomic E-state index is 11.4. The monoisotopic (exact) mass is 329 g/mol. The SMILES string of the molecule is CCNc1cc2ncnc(N(C)c3cccs3)c2cc1[N+](=O)[O-]. The second-order valence-electron chi connectivity index (χ2n) is 4.88. The number of thiophene rings is 1. The number of nitrogens with one attached hydrogen (secondary N) is 1. The summed E-state index contributed by atoms with van der Waals surface area (Å²) < 4.78 is 0. The van der Waals surface area contributed by atoms with Crippen molar-refractivity contribution in [2.75, 3.05) is 23.8 Å². The standard InChI is InChI=1S/C15H15N5O2S/c1-3-16-12-8-11-10(7-13(12)20(21)22)15(18-9-17-11)19(2)14-5-4-6-23-14/h4-9,16H,3H2,1-2H3. The Hall–Kier alpha value is -2.74. The van der Waals surface area contributed by atoms with Crippen LogP contribution in [-0.2, 0) is 0 Å². The van der Waals surface area contributed by atoms with Crippen LogP contribution in [-0.4, -0.2) is 28.5 Å². The van der Waals surface area contributed by atoms with Crippen molar-refractivity contribution in [2.24, 2.45) is 0 Å².